The molecule has 7 nitrogen and oxygen atoms in total. The van der Waals surface area contributed by atoms with Crippen molar-refractivity contribution in [2.75, 3.05) is 31.2 Å². The third kappa shape index (κ3) is 3.73. The van der Waals surface area contributed by atoms with Crippen LogP contribution in [0.5, 0.6) is 0 Å². The molecule has 1 aliphatic rings. The lowest BCUT2D eigenvalue weighted by Gasteiger charge is -2.28. The Morgan fingerprint density at radius 3 is 2.89 bits per heavy atom. The number of aryl methyl sites for hydroxylation is 1. The molecule has 0 saturated carbocycles. The number of imidazole rings is 1. The number of aromatic amines is 1. The molecule has 7 heteroatoms. The van der Waals surface area contributed by atoms with Gasteiger partial charge in [-0.2, -0.15) is 0 Å². The fourth-order valence-corrected chi connectivity index (χ4v) is 3.22. The van der Waals surface area contributed by atoms with Gasteiger partial charge in [-0.05, 0) is 30.7 Å². The number of nitrogens with one attached hydrogen (secondary N) is 1. The summed E-state index contributed by atoms with van der Waals surface area (Å²) >= 11 is 0. The van der Waals surface area contributed by atoms with Crippen LogP contribution in [0.15, 0.2) is 36.8 Å². The molecule has 0 aliphatic carbocycles. The molecule has 0 atom stereocenters. The highest BCUT2D eigenvalue weighted by molar-refractivity contribution is 5.70. The first kappa shape index (κ1) is 17.4. The Kier molecular flexibility index (Phi) is 4.93. The smallest absolute Gasteiger partial charge is 0.156 e. The van der Waals surface area contributed by atoms with Crippen LogP contribution in [0.3, 0.4) is 0 Å². The first-order chi connectivity index (χ1) is 13.2. The van der Waals surface area contributed by atoms with Crippen molar-refractivity contribution in [2.24, 2.45) is 0 Å². The molecule has 4 rings (SSSR count). The number of hydrogen-bond donors (Lipinski definition) is 1. The minimum atomic E-state index is 0.299. The van der Waals surface area contributed by atoms with Crippen LogP contribution >= 0.6 is 0 Å². The first-order valence-corrected chi connectivity index (χ1v) is 8.98. The van der Waals surface area contributed by atoms with Crippen LogP contribution in [-0.2, 0) is 16.0 Å². The van der Waals surface area contributed by atoms with Gasteiger partial charge in [0.2, 0.25) is 0 Å². The van der Waals surface area contributed by atoms with E-state index in [1.54, 1.807) is 6.20 Å². The number of anilines is 1. The van der Waals surface area contributed by atoms with Crippen molar-refractivity contribution in [1.29, 1.82) is 0 Å². The molecule has 3 aromatic heterocycles. The van der Waals surface area contributed by atoms with Crippen molar-refractivity contribution in [3.05, 3.63) is 48.2 Å². The second-order valence-corrected chi connectivity index (χ2v) is 6.49. The van der Waals surface area contributed by atoms with E-state index in [-0.39, 0.29) is 0 Å². The van der Waals surface area contributed by atoms with Crippen LogP contribution in [0.25, 0.3) is 22.6 Å². The summed E-state index contributed by atoms with van der Waals surface area (Å²) in [7, 11) is 0. The van der Waals surface area contributed by atoms with Crippen LogP contribution in [-0.4, -0.2) is 52.5 Å². The van der Waals surface area contributed by atoms with Crippen molar-refractivity contribution in [1.82, 2.24) is 19.9 Å². The lowest BCUT2D eigenvalue weighted by molar-refractivity contribution is -0.107. The van der Waals surface area contributed by atoms with Crippen LogP contribution in [0, 0.1) is 6.92 Å². The minimum Gasteiger partial charge on any atom is -0.378 e. The van der Waals surface area contributed by atoms with Crippen molar-refractivity contribution < 1.29 is 9.53 Å². The molecule has 0 amide bonds. The van der Waals surface area contributed by atoms with Crippen LogP contribution in [0.1, 0.15) is 11.4 Å². The number of morpholine rings is 1. The molecule has 1 fully saturated rings. The highest BCUT2D eigenvalue weighted by Gasteiger charge is 2.14. The molecule has 3 aromatic rings. The summed E-state index contributed by atoms with van der Waals surface area (Å²) in [4.78, 5) is 29.6. The van der Waals surface area contributed by atoms with Gasteiger partial charge in [0, 0.05) is 43.2 Å². The lowest BCUT2D eigenvalue weighted by atomic mass is 10.1. The van der Waals surface area contributed by atoms with E-state index in [0.29, 0.717) is 12.2 Å². The summed E-state index contributed by atoms with van der Waals surface area (Å²) in [5.74, 6) is 0.670. The molecule has 0 unspecified atom stereocenters. The number of aromatic nitrogens is 4. The summed E-state index contributed by atoms with van der Waals surface area (Å²) in [6.45, 7) is 5.14. The highest BCUT2D eigenvalue weighted by atomic mass is 16.5. The molecule has 0 aromatic carbocycles. The quantitative estimate of drug-likeness (QED) is 0.701. The maximum atomic E-state index is 10.8. The average molecular weight is 363 g/mol. The molecular formula is C20H21N5O2. The summed E-state index contributed by atoms with van der Waals surface area (Å²) in [6, 6.07) is 6.09. The zero-order valence-electron chi connectivity index (χ0n) is 15.2. The molecule has 27 heavy (non-hydrogen) atoms. The minimum absolute atomic E-state index is 0.299. The normalized spacial score (nSPS) is 14.3. The third-order valence-corrected chi connectivity index (χ3v) is 4.70. The Bertz CT molecular complexity index is 947. The van der Waals surface area contributed by atoms with Gasteiger partial charge >= 0.3 is 0 Å². The number of hydrogen-bond acceptors (Lipinski definition) is 6. The Labute approximate surface area is 157 Å². The summed E-state index contributed by atoms with van der Waals surface area (Å²) in [5.41, 5.74) is 5.52. The van der Waals surface area contributed by atoms with E-state index in [0.717, 1.165) is 66.5 Å². The number of rotatable bonds is 5. The number of H-pyrrole nitrogens is 1. The SMILES string of the molecule is Cc1[nH]c(-c2cc(-c3cncc(N4CCOCC4)c3)ccn2)nc1CC=O. The monoisotopic (exact) mass is 363 g/mol. The molecule has 0 radical (unpaired) electrons. The van der Waals surface area contributed by atoms with Gasteiger partial charge in [0.1, 0.15) is 12.0 Å². The maximum absolute atomic E-state index is 10.8. The molecular weight excluding hydrogens is 342 g/mol. The Morgan fingerprint density at radius 1 is 1.22 bits per heavy atom. The molecule has 0 spiro atoms. The predicted molar refractivity (Wildman–Crippen MR) is 103 cm³/mol. The van der Waals surface area contributed by atoms with Gasteiger partial charge in [-0.25, -0.2) is 4.98 Å². The van der Waals surface area contributed by atoms with Gasteiger partial charge in [0.15, 0.2) is 5.82 Å². The Hall–Kier alpha value is -3.06. The third-order valence-electron chi connectivity index (χ3n) is 4.70. The van der Waals surface area contributed by atoms with Crippen molar-refractivity contribution in [3.8, 4) is 22.6 Å². The topological polar surface area (TPSA) is 84.0 Å². The fraction of sp³-hybridized carbons (Fsp3) is 0.300. The summed E-state index contributed by atoms with van der Waals surface area (Å²) in [5, 5.41) is 0. The van der Waals surface area contributed by atoms with E-state index < -0.39 is 0 Å². The second-order valence-electron chi connectivity index (χ2n) is 6.49. The Balaban J connectivity index is 1.64. The zero-order chi connectivity index (χ0) is 18.6. The van der Waals surface area contributed by atoms with Gasteiger partial charge in [0.25, 0.3) is 0 Å². The molecule has 1 N–H and O–H groups in total. The van der Waals surface area contributed by atoms with Crippen LogP contribution in [0.2, 0.25) is 0 Å². The number of carbonyl (C=O) groups excluding carboxylic acids is 1. The number of pyridine rings is 2. The van der Waals surface area contributed by atoms with E-state index in [2.05, 4.69) is 30.9 Å². The molecule has 1 saturated heterocycles. The van der Waals surface area contributed by atoms with Crippen molar-refractivity contribution >= 4 is 12.0 Å². The first-order valence-electron chi connectivity index (χ1n) is 8.98. The number of nitrogens with zero attached hydrogens (tertiary/aromatic N) is 4. The predicted octanol–water partition coefficient (Wildman–Crippen LogP) is 2.42. The number of aldehydes is 1. The number of ether oxygens (including phenoxy) is 1. The van der Waals surface area contributed by atoms with Crippen molar-refractivity contribution in [2.45, 2.75) is 13.3 Å². The summed E-state index contributed by atoms with van der Waals surface area (Å²) in [6.07, 6.45) is 6.67. The number of carbonyl (C=O) groups is 1. The van der Waals surface area contributed by atoms with E-state index in [9.17, 15) is 4.79 Å². The second kappa shape index (κ2) is 7.67. The van der Waals surface area contributed by atoms with Gasteiger partial charge in [0.05, 0.1) is 30.8 Å². The molecule has 4 heterocycles. The van der Waals surface area contributed by atoms with Crippen LogP contribution in [0.4, 0.5) is 5.69 Å². The van der Waals surface area contributed by atoms with Crippen molar-refractivity contribution in [3.63, 3.8) is 0 Å². The molecule has 1 aliphatic heterocycles. The van der Waals surface area contributed by atoms with E-state index in [4.69, 9.17) is 4.74 Å². The van der Waals surface area contributed by atoms with Gasteiger partial charge < -0.3 is 19.4 Å². The highest BCUT2D eigenvalue weighted by Crippen LogP contribution is 2.26. The van der Waals surface area contributed by atoms with Crippen LogP contribution < -0.4 is 4.90 Å². The Morgan fingerprint density at radius 2 is 2.07 bits per heavy atom. The maximum Gasteiger partial charge on any atom is 0.156 e. The zero-order valence-corrected chi connectivity index (χ0v) is 15.2. The van der Waals surface area contributed by atoms with E-state index >= 15 is 0 Å². The largest absolute Gasteiger partial charge is 0.378 e. The van der Waals surface area contributed by atoms with Gasteiger partial charge in [-0.15, -0.1) is 0 Å². The van der Waals surface area contributed by atoms with E-state index in [1.165, 1.54) is 0 Å². The van der Waals surface area contributed by atoms with Gasteiger partial charge in [-0.1, -0.05) is 0 Å². The molecule has 138 valence electrons. The average Bonchev–Trinajstić information content (AvgIpc) is 3.10. The van der Waals surface area contributed by atoms with Gasteiger partial charge in [-0.3, -0.25) is 9.97 Å². The lowest BCUT2D eigenvalue weighted by Crippen LogP contribution is -2.36. The summed E-state index contributed by atoms with van der Waals surface area (Å²) < 4.78 is 5.43. The van der Waals surface area contributed by atoms with E-state index in [1.807, 2.05) is 31.5 Å². The fourth-order valence-electron chi connectivity index (χ4n) is 3.22. The molecule has 0 bridgehead atoms. The standard InChI is InChI=1S/C20H21N5O2/c1-14-18(3-7-26)24-20(23-14)19-11-15(2-4-22-19)16-10-17(13-21-12-16)25-5-8-27-9-6-25/h2,4,7,10-13H,3,5-6,8-9H2,1H3,(H,23,24).